The zero-order chi connectivity index (χ0) is 13.8. The maximum atomic E-state index is 11.1. The highest BCUT2D eigenvalue weighted by Crippen LogP contribution is 2.14. The number of hydrogen-bond acceptors (Lipinski definition) is 6. The fourth-order valence-corrected chi connectivity index (χ4v) is 1.42. The maximum absolute atomic E-state index is 11.1. The summed E-state index contributed by atoms with van der Waals surface area (Å²) in [7, 11) is 0. The summed E-state index contributed by atoms with van der Waals surface area (Å²) >= 11 is 0. The second-order valence-electron chi connectivity index (χ2n) is 3.81. The van der Waals surface area contributed by atoms with Gasteiger partial charge in [-0.25, -0.2) is 4.68 Å². The molecule has 2 aromatic rings. The predicted molar refractivity (Wildman–Crippen MR) is 67.9 cm³/mol. The lowest BCUT2D eigenvalue weighted by atomic mass is 10.4. The summed E-state index contributed by atoms with van der Waals surface area (Å²) in [4.78, 5) is 19.3. The van der Waals surface area contributed by atoms with Gasteiger partial charge in [-0.15, -0.1) is 0 Å². The van der Waals surface area contributed by atoms with Crippen LogP contribution in [0.4, 0.5) is 5.69 Å². The molecular weight excluding hydrogens is 248 g/mol. The molecule has 0 bridgehead atoms. The van der Waals surface area contributed by atoms with Crippen molar-refractivity contribution in [3.63, 3.8) is 0 Å². The molecule has 0 saturated carbocycles. The fraction of sp³-hybridized carbons (Fsp3) is 0.273. The number of aromatic nitrogens is 4. The number of nitrogen functional groups attached to an aromatic ring is 1. The van der Waals surface area contributed by atoms with E-state index in [1.165, 1.54) is 23.3 Å². The lowest BCUT2D eigenvalue weighted by molar-refractivity contribution is 0.0996. The van der Waals surface area contributed by atoms with Gasteiger partial charge in [0.2, 0.25) is 5.88 Å². The molecule has 0 unspecified atom stereocenters. The van der Waals surface area contributed by atoms with E-state index in [0.717, 1.165) is 6.42 Å². The van der Waals surface area contributed by atoms with Crippen LogP contribution in [-0.4, -0.2) is 32.3 Å². The number of rotatable bonds is 5. The Morgan fingerprint density at radius 1 is 1.47 bits per heavy atom. The highest BCUT2D eigenvalue weighted by Gasteiger charge is 2.13. The zero-order valence-corrected chi connectivity index (χ0v) is 10.4. The number of hydrogen-bond donors (Lipinski definition) is 2. The number of carbonyl (C=O) groups excluding carboxylic acids is 1. The molecule has 100 valence electrons. The van der Waals surface area contributed by atoms with E-state index >= 15 is 0 Å². The highest BCUT2D eigenvalue weighted by atomic mass is 16.5. The second-order valence-corrected chi connectivity index (χ2v) is 3.81. The van der Waals surface area contributed by atoms with Gasteiger partial charge in [0.1, 0.15) is 0 Å². The van der Waals surface area contributed by atoms with E-state index in [2.05, 4.69) is 15.1 Å². The predicted octanol–water partition coefficient (Wildman–Crippen LogP) is 0.132. The van der Waals surface area contributed by atoms with E-state index in [0.29, 0.717) is 18.3 Å². The third-order valence-corrected chi connectivity index (χ3v) is 2.26. The number of nitrogens with two attached hydrogens (primary N) is 2. The third-order valence-electron chi connectivity index (χ3n) is 2.26. The molecule has 0 atom stereocenters. The standard InChI is InChI=1S/C11H14N6O2/c1-2-3-19-9-5-14-4-8(15-9)17-6-7(12)10(16-17)11(13)18/h4-6H,2-3,12H2,1H3,(H2,13,18). The fourth-order valence-electron chi connectivity index (χ4n) is 1.42. The number of ether oxygens (including phenoxy) is 1. The van der Waals surface area contributed by atoms with Crippen molar-refractivity contribution >= 4 is 11.6 Å². The Morgan fingerprint density at radius 3 is 2.89 bits per heavy atom. The van der Waals surface area contributed by atoms with Crippen LogP contribution in [0.5, 0.6) is 5.88 Å². The van der Waals surface area contributed by atoms with Crippen LogP contribution < -0.4 is 16.2 Å². The number of carbonyl (C=O) groups is 1. The van der Waals surface area contributed by atoms with E-state index in [1.54, 1.807) is 0 Å². The molecule has 19 heavy (non-hydrogen) atoms. The number of anilines is 1. The van der Waals surface area contributed by atoms with Crippen LogP contribution >= 0.6 is 0 Å². The van der Waals surface area contributed by atoms with Gasteiger partial charge in [0, 0.05) is 0 Å². The molecule has 0 radical (unpaired) electrons. The minimum absolute atomic E-state index is 0.00156. The lowest BCUT2D eigenvalue weighted by Gasteiger charge is -2.04. The molecule has 0 aliphatic rings. The largest absolute Gasteiger partial charge is 0.477 e. The molecule has 0 aliphatic carbocycles. The molecule has 8 heteroatoms. The van der Waals surface area contributed by atoms with Crippen LogP contribution in [0.1, 0.15) is 23.8 Å². The van der Waals surface area contributed by atoms with Crippen LogP contribution in [0.3, 0.4) is 0 Å². The zero-order valence-electron chi connectivity index (χ0n) is 10.4. The molecule has 0 fully saturated rings. The lowest BCUT2D eigenvalue weighted by Crippen LogP contribution is -2.14. The molecule has 0 aliphatic heterocycles. The summed E-state index contributed by atoms with van der Waals surface area (Å²) in [6, 6.07) is 0. The van der Waals surface area contributed by atoms with Gasteiger partial charge in [-0.05, 0) is 6.42 Å². The molecule has 2 heterocycles. The Balaban J connectivity index is 2.31. The summed E-state index contributed by atoms with van der Waals surface area (Å²) in [5.41, 5.74) is 11.0. The highest BCUT2D eigenvalue weighted by molar-refractivity contribution is 5.95. The topological polar surface area (TPSA) is 122 Å². The summed E-state index contributed by atoms with van der Waals surface area (Å²) in [5.74, 6) is 0.0875. The summed E-state index contributed by atoms with van der Waals surface area (Å²) in [5, 5.41) is 3.96. The first-order valence-corrected chi connectivity index (χ1v) is 5.72. The van der Waals surface area contributed by atoms with Gasteiger partial charge in [-0.2, -0.15) is 10.1 Å². The van der Waals surface area contributed by atoms with Crippen molar-refractivity contribution in [3.05, 3.63) is 24.3 Å². The normalized spacial score (nSPS) is 10.4. The van der Waals surface area contributed by atoms with Gasteiger partial charge in [0.25, 0.3) is 5.91 Å². The Kier molecular flexibility index (Phi) is 3.60. The molecule has 0 saturated heterocycles. The molecule has 4 N–H and O–H groups in total. The van der Waals surface area contributed by atoms with Gasteiger partial charge < -0.3 is 16.2 Å². The van der Waals surface area contributed by atoms with Gasteiger partial charge >= 0.3 is 0 Å². The molecule has 1 amide bonds. The van der Waals surface area contributed by atoms with E-state index < -0.39 is 5.91 Å². The number of primary amides is 1. The van der Waals surface area contributed by atoms with Crippen molar-refractivity contribution in [1.29, 1.82) is 0 Å². The van der Waals surface area contributed by atoms with Gasteiger partial charge in [-0.1, -0.05) is 6.92 Å². The summed E-state index contributed by atoms with van der Waals surface area (Å²) < 4.78 is 6.70. The molecular formula is C11H14N6O2. The minimum Gasteiger partial charge on any atom is -0.477 e. The molecule has 0 aromatic carbocycles. The summed E-state index contributed by atoms with van der Waals surface area (Å²) in [6.45, 7) is 2.54. The molecule has 8 nitrogen and oxygen atoms in total. The van der Waals surface area contributed by atoms with Crippen molar-refractivity contribution in [2.24, 2.45) is 5.73 Å². The smallest absolute Gasteiger partial charge is 0.271 e. The Morgan fingerprint density at radius 2 is 2.26 bits per heavy atom. The van der Waals surface area contributed by atoms with Crippen molar-refractivity contribution < 1.29 is 9.53 Å². The maximum Gasteiger partial charge on any atom is 0.271 e. The van der Waals surface area contributed by atoms with Crippen LogP contribution in [0, 0.1) is 0 Å². The van der Waals surface area contributed by atoms with E-state index in [1.807, 2.05) is 6.92 Å². The molecule has 2 rings (SSSR count). The van der Waals surface area contributed by atoms with E-state index in [4.69, 9.17) is 16.2 Å². The number of nitrogens with zero attached hydrogens (tertiary/aromatic N) is 4. The van der Waals surface area contributed by atoms with Gasteiger partial charge in [0.05, 0.1) is 30.9 Å². The van der Waals surface area contributed by atoms with Crippen LogP contribution in [0.15, 0.2) is 18.6 Å². The quantitative estimate of drug-likeness (QED) is 0.789. The Bertz CT molecular complexity index is 595. The average Bonchev–Trinajstić information content (AvgIpc) is 2.79. The van der Waals surface area contributed by atoms with Crippen LogP contribution in [0.2, 0.25) is 0 Å². The second kappa shape index (κ2) is 5.34. The first-order chi connectivity index (χ1) is 9.11. The Labute approximate surface area is 109 Å². The van der Waals surface area contributed by atoms with Gasteiger partial charge in [0.15, 0.2) is 11.5 Å². The SMILES string of the molecule is CCCOc1cncc(-n2cc(N)c(C(N)=O)n2)n1. The average molecular weight is 262 g/mol. The van der Waals surface area contributed by atoms with Crippen molar-refractivity contribution in [2.45, 2.75) is 13.3 Å². The van der Waals surface area contributed by atoms with Crippen LogP contribution in [0.25, 0.3) is 5.82 Å². The first-order valence-electron chi connectivity index (χ1n) is 5.72. The van der Waals surface area contributed by atoms with E-state index in [9.17, 15) is 4.79 Å². The van der Waals surface area contributed by atoms with E-state index in [-0.39, 0.29) is 11.4 Å². The first kappa shape index (κ1) is 12.8. The van der Waals surface area contributed by atoms with Crippen molar-refractivity contribution in [2.75, 3.05) is 12.3 Å². The van der Waals surface area contributed by atoms with Crippen molar-refractivity contribution in [1.82, 2.24) is 19.7 Å². The minimum atomic E-state index is -0.692. The van der Waals surface area contributed by atoms with Crippen molar-refractivity contribution in [3.8, 4) is 11.7 Å². The summed E-state index contributed by atoms with van der Waals surface area (Å²) in [6.07, 6.45) is 5.30. The van der Waals surface area contributed by atoms with Gasteiger partial charge in [-0.3, -0.25) is 9.78 Å². The molecule has 0 spiro atoms. The number of amides is 1. The molecule has 2 aromatic heterocycles. The monoisotopic (exact) mass is 262 g/mol. The Hall–Kier alpha value is -2.64. The van der Waals surface area contributed by atoms with Crippen LogP contribution in [-0.2, 0) is 0 Å². The third kappa shape index (κ3) is 2.79.